The quantitative estimate of drug-likeness (QED) is 0.294. The van der Waals surface area contributed by atoms with Gasteiger partial charge in [-0.1, -0.05) is 82.9 Å². The second kappa shape index (κ2) is 15.2. The summed E-state index contributed by atoms with van der Waals surface area (Å²) in [5, 5.41) is 0. The van der Waals surface area contributed by atoms with Gasteiger partial charge in [-0.2, -0.15) is 0 Å². The van der Waals surface area contributed by atoms with Crippen LogP contribution in [0.2, 0.25) is 0 Å². The minimum atomic E-state index is -0.202. The van der Waals surface area contributed by atoms with E-state index in [4.69, 9.17) is 4.74 Å². The summed E-state index contributed by atoms with van der Waals surface area (Å²) in [6.07, 6.45) is 12.9. The van der Waals surface area contributed by atoms with Gasteiger partial charge in [-0.15, -0.1) is 0 Å². The van der Waals surface area contributed by atoms with Gasteiger partial charge in [0.15, 0.2) is 0 Å². The number of rotatable bonds is 12. The Hall–Kier alpha value is -0.713. The minimum Gasteiger partial charge on any atom is -0.462 e. The smallest absolute Gasteiger partial charge is 0.338 e. The number of ether oxygens (including phenoxy) is 1. The molecule has 0 fully saturated rings. The van der Waals surface area contributed by atoms with Crippen LogP contribution in [-0.4, -0.2) is 31.4 Å². The molecule has 0 atom stereocenters. The summed E-state index contributed by atoms with van der Waals surface area (Å²) in [5.74, 6) is -0.202. The number of hydrogen-bond acceptors (Lipinski definition) is 2. The van der Waals surface area contributed by atoms with Gasteiger partial charge in [0.2, 0.25) is 0 Å². The molecule has 3 heteroatoms. The first-order valence-corrected chi connectivity index (χ1v) is 8.56. The summed E-state index contributed by atoms with van der Waals surface area (Å²) in [5.41, 5.74) is 0.643. The van der Waals surface area contributed by atoms with E-state index in [-0.39, 0.29) is 24.8 Å². The molecule has 0 spiro atoms. The van der Waals surface area contributed by atoms with Crippen LogP contribution in [0.4, 0.5) is 0 Å². The Kier molecular flexibility index (Phi) is 14.7. The van der Waals surface area contributed by atoms with Crippen LogP contribution >= 0.6 is 0 Å². The molecule has 2 nitrogen and oxygen atoms in total. The second-order valence-corrected chi connectivity index (χ2v) is 5.68. The molecule has 0 saturated carbocycles. The van der Waals surface area contributed by atoms with E-state index in [1.807, 2.05) is 18.2 Å². The Bertz CT molecular complexity index is 365. The number of benzene rings is 1. The van der Waals surface area contributed by atoms with E-state index < -0.39 is 0 Å². The summed E-state index contributed by atoms with van der Waals surface area (Å²) >= 11 is 0. The first-order valence-electron chi connectivity index (χ1n) is 8.56. The standard InChI is InChI=1S/C19H30O2.Li/c1-2-3-4-5-6-7-8-9-10-14-17-21-19(20)18-15-12-11-13-16-18;/h11-13,15-16H,2-10,14,17H2,1H3;. The van der Waals surface area contributed by atoms with Crippen molar-refractivity contribution >= 4 is 24.8 Å². The van der Waals surface area contributed by atoms with Gasteiger partial charge in [0, 0.05) is 18.9 Å². The molecule has 1 aromatic carbocycles. The van der Waals surface area contributed by atoms with E-state index in [1.165, 1.54) is 51.4 Å². The zero-order valence-corrected chi connectivity index (χ0v) is 14.5. The third-order valence-corrected chi connectivity index (χ3v) is 3.74. The van der Waals surface area contributed by atoms with Crippen molar-refractivity contribution < 1.29 is 9.53 Å². The summed E-state index contributed by atoms with van der Waals surface area (Å²) in [7, 11) is 0. The van der Waals surface area contributed by atoms with Crippen molar-refractivity contribution in [3.05, 3.63) is 35.9 Å². The van der Waals surface area contributed by atoms with Crippen molar-refractivity contribution in [3.63, 3.8) is 0 Å². The summed E-state index contributed by atoms with van der Waals surface area (Å²) in [6, 6.07) is 9.20. The fourth-order valence-electron chi connectivity index (χ4n) is 2.41. The maximum Gasteiger partial charge on any atom is 0.338 e. The molecule has 0 aliphatic carbocycles. The third-order valence-electron chi connectivity index (χ3n) is 3.74. The topological polar surface area (TPSA) is 26.3 Å². The van der Waals surface area contributed by atoms with Crippen molar-refractivity contribution in [2.24, 2.45) is 0 Å². The molecule has 0 saturated heterocycles. The van der Waals surface area contributed by atoms with Crippen LogP contribution in [0, 0.1) is 0 Å². The first kappa shape index (κ1) is 21.3. The summed E-state index contributed by atoms with van der Waals surface area (Å²) in [6.45, 7) is 2.80. The minimum absolute atomic E-state index is 0. The fraction of sp³-hybridized carbons (Fsp3) is 0.632. The van der Waals surface area contributed by atoms with Gasteiger partial charge in [0.25, 0.3) is 0 Å². The van der Waals surface area contributed by atoms with E-state index in [0.717, 1.165) is 12.8 Å². The molecule has 119 valence electrons. The number of carbonyl (C=O) groups is 1. The number of unbranched alkanes of at least 4 members (excludes halogenated alkanes) is 9. The fourth-order valence-corrected chi connectivity index (χ4v) is 2.41. The maximum atomic E-state index is 11.7. The normalized spacial score (nSPS) is 10.0. The van der Waals surface area contributed by atoms with Gasteiger partial charge in [0.05, 0.1) is 12.2 Å². The molecular weight excluding hydrogens is 267 g/mol. The van der Waals surface area contributed by atoms with Gasteiger partial charge < -0.3 is 4.74 Å². The van der Waals surface area contributed by atoms with Crippen LogP contribution in [0.3, 0.4) is 0 Å². The monoisotopic (exact) mass is 297 g/mol. The average molecular weight is 297 g/mol. The molecule has 0 N–H and O–H groups in total. The molecule has 1 rings (SSSR count). The Morgan fingerprint density at radius 2 is 1.32 bits per heavy atom. The van der Waals surface area contributed by atoms with E-state index in [0.29, 0.717) is 12.2 Å². The molecule has 0 aliphatic heterocycles. The van der Waals surface area contributed by atoms with Crippen molar-refractivity contribution in [2.45, 2.75) is 71.1 Å². The molecule has 0 aromatic heterocycles. The Morgan fingerprint density at radius 1 is 0.818 bits per heavy atom. The van der Waals surface area contributed by atoms with Crippen LogP contribution in [0.1, 0.15) is 81.5 Å². The summed E-state index contributed by atoms with van der Waals surface area (Å²) in [4.78, 5) is 11.7. The van der Waals surface area contributed by atoms with Crippen molar-refractivity contribution in [1.82, 2.24) is 0 Å². The Balaban J connectivity index is 0.00000441. The SMILES string of the molecule is CCCCCCCCCCCCOC(=O)c1ccccc1.[Li]. The average Bonchev–Trinajstić information content (AvgIpc) is 2.53. The van der Waals surface area contributed by atoms with E-state index >= 15 is 0 Å². The maximum absolute atomic E-state index is 11.7. The van der Waals surface area contributed by atoms with Crippen LogP contribution in [-0.2, 0) is 4.74 Å². The van der Waals surface area contributed by atoms with Crippen LogP contribution in [0.25, 0.3) is 0 Å². The zero-order valence-electron chi connectivity index (χ0n) is 14.5. The Morgan fingerprint density at radius 3 is 1.86 bits per heavy atom. The number of hydrogen-bond donors (Lipinski definition) is 0. The van der Waals surface area contributed by atoms with Gasteiger partial charge in [-0.25, -0.2) is 4.79 Å². The van der Waals surface area contributed by atoms with E-state index in [9.17, 15) is 4.79 Å². The summed E-state index contributed by atoms with van der Waals surface area (Å²) < 4.78 is 5.26. The van der Waals surface area contributed by atoms with Crippen molar-refractivity contribution in [1.29, 1.82) is 0 Å². The molecular formula is C19H30LiO2. The molecule has 0 heterocycles. The molecule has 1 aromatic rings. The van der Waals surface area contributed by atoms with Gasteiger partial charge in [-0.3, -0.25) is 0 Å². The van der Waals surface area contributed by atoms with Gasteiger partial charge >= 0.3 is 5.97 Å². The third kappa shape index (κ3) is 10.9. The largest absolute Gasteiger partial charge is 0.462 e. The number of esters is 1. The van der Waals surface area contributed by atoms with E-state index in [2.05, 4.69) is 6.92 Å². The van der Waals surface area contributed by atoms with Gasteiger partial charge in [-0.05, 0) is 18.6 Å². The molecule has 0 aliphatic rings. The van der Waals surface area contributed by atoms with Crippen LogP contribution < -0.4 is 0 Å². The molecule has 1 radical (unpaired) electrons. The molecule has 0 unspecified atom stereocenters. The second-order valence-electron chi connectivity index (χ2n) is 5.68. The molecule has 0 bridgehead atoms. The predicted molar refractivity (Wildman–Crippen MR) is 94.3 cm³/mol. The van der Waals surface area contributed by atoms with Crippen LogP contribution in [0.15, 0.2) is 30.3 Å². The van der Waals surface area contributed by atoms with Crippen molar-refractivity contribution in [3.8, 4) is 0 Å². The zero-order chi connectivity index (χ0) is 15.2. The molecule has 22 heavy (non-hydrogen) atoms. The predicted octanol–water partition coefficient (Wildman–Crippen LogP) is 5.38. The first-order chi connectivity index (χ1) is 10.3. The molecule has 0 amide bonds. The van der Waals surface area contributed by atoms with Crippen LogP contribution in [0.5, 0.6) is 0 Å². The van der Waals surface area contributed by atoms with Gasteiger partial charge in [0.1, 0.15) is 0 Å². The van der Waals surface area contributed by atoms with E-state index in [1.54, 1.807) is 12.1 Å². The Labute approximate surface area is 148 Å². The van der Waals surface area contributed by atoms with Crippen molar-refractivity contribution in [2.75, 3.05) is 6.61 Å². The number of carbonyl (C=O) groups excluding carboxylic acids is 1.